The molecule has 1 aromatic carbocycles. The molecule has 0 radical (unpaired) electrons. The summed E-state index contributed by atoms with van der Waals surface area (Å²) in [6, 6.07) is 4.33. The summed E-state index contributed by atoms with van der Waals surface area (Å²) in [5, 5.41) is -0.906. The Bertz CT molecular complexity index is 648. The molecule has 2 aromatic rings. The van der Waals surface area contributed by atoms with Crippen molar-refractivity contribution in [2.24, 2.45) is 0 Å². The van der Waals surface area contributed by atoms with Crippen LogP contribution in [-0.2, 0) is 0 Å². The smallest absolute Gasteiger partial charge is 0.220 e. The van der Waals surface area contributed by atoms with Crippen molar-refractivity contribution in [3.8, 4) is 5.88 Å². The van der Waals surface area contributed by atoms with Crippen molar-refractivity contribution in [1.82, 2.24) is 4.98 Å². The van der Waals surface area contributed by atoms with Crippen LogP contribution >= 0.6 is 12.2 Å². The van der Waals surface area contributed by atoms with Gasteiger partial charge >= 0.3 is 0 Å². The number of halogens is 5. The van der Waals surface area contributed by atoms with Gasteiger partial charge in [0, 0.05) is 12.3 Å². The largest absolute Gasteiger partial charge is 0.427 e. The van der Waals surface area contributed by atoms with E-state index in [1.165, 1.54) is 24.4 Å². The minimum Gasteiger partial charge on any atom is -0.427 e. The topological polar surface area (TPSA) is 22.1 Å². The third kappa shape index (κ3) is 2.46. The number of nitrogens with zero attached hydrogens (tertiary/aromatic N) is 1. The molecule has 2 rings (SSSR count). The first kappa shape index (κ1) is 14.3. The molecule has 0 saturated carbocycles. The lowest BCUT2D eigenvalue weighted by atomic mass is 10.2. The molecule has 8 heteroatoms. The van der Waals surface area contributed by atoms with Crippen molar-refractivity contribution in [2.45, 2.75) is 0 Å². The Hall–Kier alpha value is -2.09. The maximum absolute atomic E-state index is 13.4. The Morgan fingerprint density at radius 1 is 0.900 bits per heavy atom. The van der Waals surface area contributed by atoms with E-state index in [4.69, 9.17) is 4.74 Å². The highest BCUT2D eigenvalue weighted by atomic mass is 32.1. The summed E-state index contributed by atoms with van der Waals surface area (Å²) in [6.45, 7) is 0. The average molecular weight is 305 g/mol. The molecule has 20 heavy (non-hydrogen) atoms. The second-order valence-corrected chi connectivity index (χ2v) is 3.87. The third-order valence-electron chi connectivity index (χ3n) is 2.25. The number of pyridine rings is 1. The van der Waals surface area contributed by atoms with Crippen LogP contribution in [0.25, 0.3) is 0 Å². The number of rotatable bonds is 2. The number of hydrogen-bond acceptors (Lipinski definition) is 3. The molecule has 1 aromatic heterocycles. The maximum atomic E-state index is 13.4. The average Bonchev–Trinajstić information content (AvgIpc) is 2.44. The summed E-state index contributed by atoms with van der Waals surface area (Å²) in [5.74, 6) is -10.7. The van der Waals surface area contributed by atoms with Crippen molar-refractivity contribution in [3.05, 3.63) is 59.0 Å². The SMILES string of the molecule is Fc1c(F)c(F)c(C(=S)Oc2ccccn2)c(F)c1F. The van der Waals surface area contributed by atoms with Crippen LogP contribution in [0.1, 0.15) is 5.56 Å². The molecule has 0 N–H and O–H groups in total. The fourth-order valence-electron chi connectivity index (χ4n) is 1.34. The monoisotopic (exact) mass is 305 g/mol. The van der Waals surface area contributed by atoms with Crippen molar-refractivity contribution in [3.63, 3.8) is 0 Å². The predicted molar refractivity (Wildman–Crippen MR) is 62.8 cm³/mol. The number of hydrogen-bond donors (Lipinski definition) is 0. The van der Waals surface area contributed by atoms with Gasteiger partial charge in [0.05, 0.1) is 0 Å². The first-order valence-corrected chi connectivity index (χ1v) is 5.49. The summed E-state index contributed by atoms with van der Waals surface area (Å²) in [5.41, 5.74) is -1.30. The molecule has 0 bridgehead atoms. The summed E-state index contributed by atoms with van der Waals surface area (Å²) >= 11 is 4.54. The summed E-state index contributed by atoms with van der Waals surface area (Å²) in [6.07, 6.45) is 1.30. The first-order chi connectivity index (χ1) is 9.43. The van der Waals surface area contributed by atoms with Gasteiger partial charge < -0.3 is 4.74 Å². The Labute approximate surface area is 114 Å². The normalized spacial score (nSPS) is 10.4. The van der Waals surface area contributed by atoms with E-state index in [1.807, 2.05) is 0 Å². The highest BCUT2D eigenvalue weighted by Crippen LogP contribution is 2.24. The lowest BCUT2D eigenvalue weighted by Gasteiger charge is -2.09. The summed E-state index contributed by atoms with van der Waals surface area (Å²) in [4.78, 5) is 3.65. The van der Waals surface area contributed by atoms with Gasteiger partial charge in [-0.05, 0) is 18.3 Å². The van der Waals surface area contributed by atoms with Gasteiger partial charge in [-0.25, -0.2) is 26.9 Å². The van der Waals surface area contributed by atoms with Crippen LogP contribution in [0, 0.1) is 29.1 Å². The molecule has 0 unspecified atom stereocenters. The summed E-state index contributed by atoms with van der Waals surface area (Å²) in [7, 11) is 0. The van der Waals surface area contributed by atoms with E-state index >= 15 is 0 Å². The Kier molecular flexibility index (Phi) is 3.93. The Morgan fingerprint density at radius 2 is 1.45 bits per heavy atom. The molecule has 0 aliphatic heterocycles. The van der Waals surface area contributed by atoms with Crippen LogP contribution in [0.3, 0.4) is 0 Å². The van der Waals surface area contributed by atoms with Gasteiger partial charge in [0.1, 0.15) is 5.56 Å². The minimum atomic E-state index is -2.26. The van der Waals surface area contributed by atoms with Crippen LogP contribution < -0.4 is 4.74 Å². The van der Waals surface area contributed by atoms with Gasteiger partial charge in [-0.3, -0.25) is 0 Å². The van der Waals surface area contributed by atoms with Crippen molar-refractivity contribution < 1.29 is 26.7 Å². The molecular formula is C12H4F5NOS. The molecule has 0 fully saturated rings. The third-order valence-corrected chi connectivity index (χ3v) is 2.54. The fraction of sp³-hybridized carbons (Fsp3) is 0. The van der Waals surface area contributed by atoms with E-state index in [-0.39, 0.29) is 5.88 Å². The van der Waals surface area contributed by atoms with Gasteiger partial charge in [-0.15, -0.1) is 0 Å². The van der Waals surface area contributed by atoms with Crippen LogP contribution in [0.4, 0.5) is 22.0 Å². The van der Waals surface area contributed by atoms with Gasteiger partial charge in [0.15, 0.2) is 23.3 Å². The van der Waals surface area contributed by atoms with Crippen molar-refractivity contribution >= 4 is 17.3 Å². The van der Waals surface area contributed by atoms with Crippen LogP contribution in [-0.4, -0.2) is 10.0 Å². The standard InChI is InChI=1S/C12H4F5NOS/c13-7-6(8(14)10(16)11(17)9(7)15)12(20)19-5-3-1-2-4-18-5/h1-4H. The van der Waals surface area contributed by atoms with E-state index < -0.39 is 39.7 Å². The van der Waals surface area contributed by atoms with Gasteiger partial charge in [0.25, 0.3) is 0 Å². The molecular weight excluding hydrogens is 301 g/mol. The lowest BCUT2D eigenvalue weighted by Crippen LogP contribution is -2.16. The minimum absolute atomic E-state index is 0.138. The van der Waals surface area contributed by atoms with Crippen LogP contribution in [0.15, 0.2) is 24.4 Å². The van der Waals surface area contributed by atoms with Crippen LogP contribution in [0.2, 0.25) is 0 Å². The number of thiocarbonyl (C=S) groups is 1. The molecule has 2 nitrogen and oxygen atoms in total. The van der Waals surface area contributed by atoms with Gasteiger partial charge in [-0.1, -0.05) is 6.07 Å². The zero-order valence-corrected chi connectivity index (χ0v) is 10.3. The van der Waals surface area contributed by atoms with Crippen molar-refractivity contribution in [1.29, 1.82) is 0 Å². The van der Waals surface area contributed by atoms with E-state index in [0.29, 0.717) is 0 Å². The second-order valence-electron chi connectivity index (χ2n) is 3.50. The zero-order chi connectivity index (χ0) is 14.9. The van der Waals surface area contributed by atoms with Gasteiger partial charge in [0.2, 0.25) is 16.7 Å². The number of ether oxygens (including phenoxy) is 1. The molecule has 0 amide bonds. The second kappa shape index (κ2) is 5.49. The fourth-order valence-corrected chi connectivity index (χ4v) is 1.60. The van der Waals surface area contributed by atoms with E-state index in [9.17, 15) is 22.0 Å². The number of benzene rings is 1. The highest BCUT2D eigenvalue weighted by Gasteiger charge is 2.29. The molecule has 0 spiro atoms. The molecule has 1 heterocycles. The number of aromatic nitrogens is 1. The Balaban J connectivity index is 2.45. The summed E-state index contributed by atoms with van der Waals surface area (Å²) < 4.78 is 70.6. The van der Waals surface area contributed by atoms with Crippen molar-refractivity contribution in [2.75, 3.05) is 0 Å². The molecule has 0 saturated heterocycles. The quantitative estimate of drug-likeness (QED) is 0.367. The van der Waals surface area contributed by atoms with E-state index in [1.54, 1.807) is 0 Å². The molecule has 104 valence electrons. The zero-order valence-electron chi connectivity index (χ0n) is 9.46. The van der Waals surface area contributed by atoms with E-state index in [0.717, 1.165) is 0 Å². The lowest BCUT2D eigenvalue weighted by molar-refractivity contribution is 0.374. The first-order valence-electron chi connectivity index (χ1n) is 5.08. The van der Waals surface area contributed by atoms with Crippen LogP contribution in [0.5, 0.6) is 5.88 Å². The maximum Gasteiger partial charge on any atom is 0.220 e. The molecule has 0 aliphatic carbocycles. The molecule has 0 atom stereocenters. The van der Waals surface area contributed by atoms with Gasteiger partial charge in [-0.2, -0.15) is 0 Å². The Morgan fingerprint density at radius 3 is 1.95 bits per heavy atom. The predicted octanol–water partition coefficient (Wildman–Crippen LogP) is 3.53. The molecule has 0 aliphatic rings. The van der Waals surface area contributed by atoms with E-state index in [2.05, 4.69) is 17.2 Å². The highest BCUT2D eigenvalue weighted by molar-refractivity contribution is 7.80.